The summed E-state index contributed by atoms with van der Waals surface area (Å²) in [5.41, 5.74) is -4.28. The molecule has 0 heterocycles. The van der Waals surface area contributed by atoms with Gasteiger partial charge < -0.3 is 18.9 Å². The molecule has 0 aromatic heterocycles. The van der Waals surface area contributed by atoms with Crippen LogP contribution in [-0.2, 0) is 38.1 Å². The first kappa shape index (κ1) is 41.9. The van der Waals surface area contributed by atoms with Gasteiger partial charge in [0.1, 0.15) is 0 Å². The van der Waals surface area contributed by atoms with Gasteiger partial charge in [-0.05, 0) is 38.5 Å². The van der Waals surface area contributed by atoms with Crippen molar-refractivity contribution in [2.45, 2.75) is 182 Å². The van der Waals surface area contributed by atoms with E-state index in [1.165, 1.54) is 0 Å². The van der Waals surface area contributed by atoms with Crippen LogP contribution in [0.5, 0.6) is 0 Å². The van der Waals surface area contributed by atoms with Gasteiger partial charge in [0, 0.05) is 0 Å². The van der Waals surface area contributed by atoms with Crippen molar-refractivity contribution >= 4 is 23.9 Å². The topological polar surface area (TPSA) is 105 Å². The van der Waals surface area contributed by atoms with Crippen molar-refractivity contribution in [2.24, 2.45) is 10.8 Å². The zero-order valence-electron chi connectivity index (χ0n) is 30.1. The molecule has 0 aliphatic heterocycles. The number of rotatable bonds is 28. The third-order valence-corrected chi connectivity index (χ3v) is 9.40. The van der Waals surface area contributed by atoms with Crippen molar-refractivity contribution in [3.05, 3.63) is 0 Å². The first-order valence-electron chi connectivity index (χ1n) is 19.1. The van der Waals surface area contributed by atoms with Crippen LogP contribution in [0.4, 0.5) is 0 Å². The molecule has 8 heteroatoms. The fraction of sp³-hybridized carbons (Fsp3) is 0.895. The highest BCUT2D eigenvalue weighted by Gasteiger charge is 2.73. The summed E-state index contributed by atoms with van der Waals surface area (Å²) in [6.07, 6.45) is 19.9. The molecule has 0 unspecified atom stereocenters. The normalized spacial score (nSPS) is 15.2. The first-order chi connectivity index (χ1) is 22.4. The molecule has 0 atom stereocenters. The number of hydrogen-bond donors (Lipinski definition) is 0. The van der Waals surface area contributed by atoms with Crippen LogP contribution in [0.25, 0.3) is 0 Å². The fourth-order valence-electron chi connectivity index (χ4n) is 6.45. The van der Waals surface area contributed by atoms with Crippen molar-refractivity contribution in [3.8, 4) is 0 Å². The van der Waals surface area contributed by atoms with Crippen LogP contribution in [-0.4, -0.2) is 50.3 Å². The molecule has 1 fully saturated rings. The highest BCUT2D eigenvalue weighted by Crippen LogP contribution is 2.54. The number of ether oxygens (including phenoxy) is 4. The Morgan fingerprint density at radius 3 is 0.804 bits per heavy atom. The van der Waals surface area contributed by atoms with Gasteiger partial charge in [0.05, 0.1) is 26.4 Å². The maximum absolute atomic E-state index is 14.2. The zero-order chi connectivity index (χ0) is 33.9. The molecule has 0 aromatic carbocycles. The summed E-state index contributed by atoms with van der Waals surface area (Å²) in [6, 6.07) is 0. The van der Waals surface area contributed by atoms with Gasteiger partial charge in [0.2, 0.25) is 0 Å². The largest absolute Gasteiger partial charge is 0.465 e. The molecular weight excluding hydrogens is 584 g/mol. The standard InChI is InChI=1S/C38H68O8/c1-5-9-13-17-23-29-43-33(39)37(34(40)44-30-24-18-14-10-6-2)27-21-22-28-38(37,35(41)45-31-25-19-15-11-7-3)36(42)46-32-26-20-16-12-8-4/h5-32H2,1-4H3. The van der Waals surface area contributed by atoms with Crippen molar-refractivity contribution in [1.29, 1.82) is 0 Å². The molecule has 0 amide bonds. The molecule has 1 aliphatic carbocycles. The minimum absolute atomic E-state index is 0.0203. The van der Waals surface area contributed by atoms with E-state index in [9.17, 15) is 19.2 Å². The van der Waals surface area contributed by atoms with E-state index in [-0.39, 0.29) is 39.3 Å². The number of hydrogen-bond acceptors (Lipinski definition) is 8. The molecule has 0 spiro atoms. The summed E-state index contributed by atoms with van der Waals surface area (Å²) < 4.78 is 23.1. The Morgan fingerprint density at radius 2 is 0.587 bits per heavy atom. The Labute approximate surface area is 280 Å². The zero-order valence-corrected chi connectivity index (χ0v) is 30.1. The molecule has 268 valence electrons. The number of carbonyl (C=O) groups is 4. The number of unbranched alkanes of at least 4 members (excludes halogenated alkanes) is 16. The lowest BCUT2D eigenvalue weighted by Crippen LogP contribution is -2.64. The lowest BCUT2D eigenvalue weighted by molar-refractivity contribution is -0.209. The van der Waals surface area contributed by atoms with Gasteiger partial charge in [-0.2, -0.15) is 0 Å². The van der Waals surface area contributed by atoms with Crippen molar-refractivity contribution in [3.63, 3.8) is 0 Å². The van der Waals surface area contributed by atoms with Gasteiger partial charge >= 0.3 is 23.9 Å². The lowest BCUT2D eigenvalue weighted by atomic mass is 9.55. The molecule has 0 aromatic rings. The molecule has 1 aliphatic rings. The fourth-order valence-corrected chi connectivity index (χ4v) is 6.45. The summed E-state index contributed by atoms with van der Waals surface area (Å²) >= 11 is 0. The van der Waals surface area contributed by atoms with E-state index in [1.807, 2.05) is 0 Å². The molecule has 0 N–H and O–H groups in total. The second kappa shape index (κ2) is 25.9. The molecular formula is C38H68O8. The van der Waals surface area contributed by atoms with Crippen LogP contribution in [0.15, 0.2) is 0 Å². The van der Waals surface area contributed by atoms with Gasteiger partial charge in [0.25, 0.3) is 0 Å². The Hall–Kier alpha value is -2.12. The number of carbonyl (C=O) groups excluding carboxylic acids is 4. The van der Waals surface area contributed by atoms with E-state index in [0.717, 1.165) is 103 Å². The molecule has 1 rings (SSSR count). The monoisotopic (exact) mass is 652 g/mol. The van der Waals surface area contributed by atoms with Crippen LogP contribution in [0.2, 0.25) is 0 Å². The molecule has 0 bridgehead atoms. The van der Waals surface area contributed by atoms with E-state index >= 15 is 0 Å². The predicted molar refractivity (Wildman–Crippen MR) is 182 cm³/mol. The number of esters is 4. The first-order valence-corrected chi connectivity index (χ1v) is 19.1. The van der Waals surface area contributed by atoms with Crippen LogP contribution in [0.1, 0.15) is 182 Å². The van der Waals surface area contributed by atoms with Crippen molar-refractivity contribution in [2.75, 3.05) is 26.4 Å². The average molecular weight is 653 g/mol. The van der Waals surface area contributed by atoms with Crippen LogP contribution >= 0.6 is 0 Å². The average Bonchev–Trinajstić information content (AvgIpc) is 3.06. The Bertz CT molecular complexity index is 715. The maximum Gasteiger partial charge on any atom is 0.325 e. The maximum atomic E-state index is 14.2. The van der Waals surface area contributed by atoms with E-state index in [2.05, 4.69) is 27.7 Å². The summed E-state index contributed by atoms with van der Waals surface area (Å²) in [5, 5.41) is 0. The van der Waals surface area contributed by atoms with Gasteiger partial charge in [-0.1, -0.05) is 143 Å². The highest BCUT2D eigenvalue weighted by molar-refractivity contribution is 6.14. The summed E-state index contributed by atoms with van der Waals surface area (Å²) in [7, 11) is 0. The molecule has 1 saturated carbocycles. The Balaban J connectivity index is 3.37. The summed E-state index contributed by atoms with van der Waals surface area (Å²) in [5.74, 6) is -3.45. The van der Waals surface area contributed by atoms with Crippen LogP contribution in [0, 0.1) is 10.8 Å². The van der Waals surface area contributed by atoms with Crippen molar-refractivity contribution in [1.82, 2.24) is 0 Å². The van der Waals surface area contributed by atoms with Crippen LogP contribution < -0.4 is 0 Å². The minimum atomic E-state index is -2.14. The quantitative estimate of drug-likeness (QED) is 0.0356. The third-order valence-electron chi connectivity index (χ3n) is 9.40. The molecule has 8 nitrogen and oxygen atoms in total. The third kappa shape index (κ3) is 13.5. The smallest absolute Gasteiger partial charge is 0.325 e. The van der Waals surface area contributed by atoms with E-state index in [4.69, 9.17) is 18.9 Å². The highest BCUT2D eigenvalue weighted by atomic mass is 16.6. The lowest BCUT2D eigenvalue weighted by Gasteiger charge is -2.45. The summed E-state index contributed by atoms with van der Waals surface area (Å²) in [4.78, 5) is 56.8. The van der Waals surface area contributed by atoms with Gasteiger partial charge in [-0.15, -0.1) is 0 Å². The van der Waals surface area contributed by atoms with Gasteiger partial charge in [-0.3, -0.25) is 19.2 Å². The van der Waals surface area contributed by atoms with Crippen molar-refractivity contribution < 1.29 is 38.1 Å². The molecule has 0 radical (unpaired) electrons. The van der Waals surface area contributed by atoms with Gasteiger partial charge in [0.15, 0.2) is 10.8 Å². The minimum Gasteiger partial charge on any atom is -0.465 e. The second-order valence-corrected chi connectivity index (χ2v) is 13.2. The van der Waals surface area contributed by atoms with E-state index in [0.29, 0.717) is 38.5 Å². The van der Waals surface area contributed by atoms with Gasteiger partial charge in [-0.25, -0.2) is 0 Å². The van der Waals surface area contributed by atoms with Crippen LogP contribution in [0.3, 0.4) is 0 Å². The Kier molecular flexibility index (Phi) is 23.6. The predicted octanol–water partition coefficient (Wildman–Crippen LogP) is 9.59. The SMILES string of the molecule is CCCCCCCOC(=O)C1(C(=O)OCCCCCCC)CCCCC1(C(=O)OCCCCCCC)C(=O)OCCCCCCC. The van der Waals surface area contributed by atoms with E-state index < -0.39 is 34.7 Å². The Morgan fingerprint density at radius 1 is 0.370 bits per heavy atom. The molecule has 0 saturated heterocycles. The summed E-state index contributed by atoms with van der Waals surface area (Å²) in [6.45, 7) is 9.00. The molecule has 46 heavy (non-hydrogen) atoms. The second-order valence-electron chi connectivity index (χ2n) is 13.2. The van der Waals surface area contributed by atoms with E-state index in [1.54, 1.807) is 0 Å².